The first-order valence-electron chi connectivity index (χ1n) is 7.45. The van der Waals surface area contributed by atoms with Crippen LogP contribution in [-0.2, 0) is 10.0 Å². The second-order valence-corrected chi connectivity index (χ2v) is 8.42. The maximum Gasteiger partial charge on any atom is 0.263 e. The minimum absolute atomic E-state index is 0.0563. The molecule has 0 amide bonds. The number of hydrogen-bond acceptors (Lipinski definition) is 5. The van der Waals surface area contributed by atoms with Gasteiger partial charge in [0, 0.05) is 10.4 Å². The van der Waals surface area contributed by atoms with E-state index in [1.807, 2.05) is 0 Å². The van der Waals surface area contributed by atoms with Gasteiger partial charge in [0.25, 0.3) is 10.0 Å². The molecule has 5 nitrogen and oxygen atoms in total. The number of aliphatic hydroxyl groups excluding tert-OH is 1. The van der Waals surface area contributed by atoms with Crippen LogP contribution in [0.5, 0.6) is 0 Å². The summed E-state index contributed by atoms with van der Waals surface area (Å²) in [6.07, 6.45) is -1.09. The highest BCUT2D eigenvalue weighted by molar-refractivity contribution is 7.93. The van der Waals surface area contributed by atoms with E-state index in [1.54, 1.807) is 19.1 Å². The van der Waals surface area contributed by atoms with Gasteiger partial charge in [0.05, 0.1) is 10.6 Å². The first kappa shape index (κ1) is 18.8. The Morgan fingerprint density at radius 2 is 1.92 bits per heavy atom. The third kappa shape index (κ3) is 3.88. The van der Waals surface area contributed by atoms with Gasteiger partial charge in [0.1, 0.15) is 11.9 Å². The predicted octanol–water partition coefficient (Wildman–Crippen LogP) is 4.13. The summed E-state index contributed by atoms with van der Waals surface area (Å²) in [5, 5.41) is 12.3. The lowest BCUT2D eigenvalue weighted by Crippen LogP contribution is -2.14. The van der Waals surface area contributed by atoms with Gasteiger partial charge in [-0.25, -0.2) is 17.8 Å². The van der Waals surface area contributed by atoms with Gasteiger partial charge in [-0.3, -0.25) is 4.72 Å². The van der Waals surface area contributed by atoms with Crippen LogP contribution in [0.15, 0.2) is 52.7 Å². The van der Waals surface area contributed by atoms with E-state index < -0.39 is 21.9 Å². The monoisotopic (exact) mass is 412 g/mol. The Hall–Kier alpha value is -2.00. The highest BCUT2D eigenvalue weighted by Crippen LogP contribution is 2.29. The summed E-state index contributed by atoms with van der Waals surface area (Å²) in [6.45, 7) is 1.61. The molecule has 0 saturated heterocycles. The van der Waals surface area contributed by atoms with Crippen LogP contribution in [0, 0.1) is 12.7 Å². The highest BCUT2D eigenvalue weighted by atomic mass is 35.5. The Kier molecular flexibility index (Phi) is 5.29. The largest absolute Gasteiger partial charge is 0.382 e. The lowest BCUT2D eigenvalue weighted by atomic mass is 10.1. The molecule has 9 heteroatoms. The van der Waals surface area contributed by atoms with Crippen molar-refractivity contribution in [3.63, 3.8) is 0 Å². The van der Waals surface area contributed by atoms with E-state index in [0.29, 0.717) is 16.1 Å². The molecule has 0 aliphatic rings. The number of nitrogens with one attached hydrogen (secondary N) is 1. The quantitative estimate of drug-likeness (QED) is 0.660. The molecule has 3 rings (SSSR count). The van der Waals surface area contributed by atoms with E-state index in [4.69, 9.17) is 11.6 Å². The summed E-state index contributed by atoms with van der Waals surface area (Å²) in [7, 11) is -3.87. The zero-order valence-corrected chi connectivity index (χ0v) is 15.9. The van der Waals surface area contributed by atoms with E-state index >= 15 is 0 Å². The van der Waals surface area contributed by atoms with Crippen LogP contribution in [-0.4, -0.2) is 18.5 Å². The van der Waals surface area contributed by atoms with Crippen LogP contribution in [0.4, 0.5) is 9.52 Å². The van der Waals surface area contributed by atoms with Gasteiger partial charge in [-0.05, 0) is 42.3 Å². The summed E-state index contributed by atoms with van der Waals surface area (Å²) in [5.41, 5.74) is 1.16. The molecular formula is C17H14ClFN2O3S2. The van der Waals surface area contributed by atoms with Crippen molar-refractivity contribution in [3.8, 4) is 0 Å². The number of halogens is 2. The molecule has 0 saturated carbocycles. The molecule has 2 aromatic carbocycles. The molecule has 0 aliphatic heterocycles. The number of anilines is 1. The van der Waals surface area contributed by atoms with E-state index in [9.17, 15) is 17.9 Å². The van der Waals surface area contributed by atoms with Gasteiger partial charge >= 0.3 is 0 Å². The van der Waals surface area contributed by atoms with Crippen molar-refractivity contribution in [2.45, 2.75) is 17.9 Å². The van der Waals surface area contributed by atoms with Crippen molar-refractivity contribution in [2.24, 2.45) is 0 Å². The molecule has 0 aliphatic carbocycles. The molecular weight excluding hydrogens is 399 g/mol. The van der Waals surface area contributed by atoms with Gasteiger partial charge in [-0.2, -0.15) is 0 Å². The van der Waals surface area contributed by atoms with Gasteiger partial charge < -0.3 is 5.11 Å². The highest BCUT2D eigenvalue weighted by Gasteiger charge is 2.21. The Balaban J connectivity index is 1.84. The predicted molar refractivity (Wildman–Crippen MR) is 99.6 cm³/mol. The SMILES string of the molecule is Cc1c(Cl)cccc1S(=O)(=O)Nc1nc(C(O)c2ccc(F)cc2)cs1. The number of sulfonamides is 1. The summed E-state index contributed by atoms with van der Waals surface area (Å²) in [6, 6.07) is 9.96. The number of aliphatic hydroxyl groups is 1. The van der Waals surface area contributed by atoms with Crippen molar-refractivity contribution in [1.82, 2.24) is 4.98 Å². The van der Waals surface area contributed by atoms with Crippen LogP contribution < -0.4 is 4.72 Å². The smallest absolute Gasteiger partial charge is 0.263 e. The first-order chi connectivity index (χ1) is 12.3. The molecule has 26 heavy (non-hydrogen) atoms. The summed E-state index contributed by atoms with van der Waals surface area (Å²) in [4.78, 5) is 4.18. The van der Waals surface area contributed by atoms with Gasteiger partial charge in [-0.15, -0.1) is 11.3 Å². The number of rotatable bonds is 5. The fraction of sp³-hybridized carbons (Fsp3) is 0.118. The van der Waals surface area contributed by atoms with Crippen molar-refractivity contribution in [2.75, 3.05) is 4.72 Å². The second kappa shape index (κ2) is 7.32. The number of nitrogens with zero attached hydrogens (tertiary/aromatic N) is 1. The average molecular weight is 413 g/mol. The Labute approximate surface area is 159 Å². The lowest BCUT2D eigenvalue weighted by molar-refractivity contribution is 0.216. The lowest BCUT2D eigenvalue weighted by Gasteiger charge is -2.10. The zero-order chi connectivity index (χ0) is 18.9. The molecule has 1 unspecified atom stereocenters. The van der Waals surface area contributed by atoms with Crippen molar-refractivity contribution in [3.05, 3.63) is 75.5 Å². The maximum absolute atomic E-state index is 13.0. The minimum atomic E-state index is -3.87. The van der Waals surface area contributed by atoms with Gasteiger partial charge in [0.2, 0.25) is 0 Å². The number of aromatic nitrogens is 1. The van der Waals surface area contributed by atoms with E-state index in [1.165, 1.54) is 35.7 Å². The fourth-order valence-electron chi connectivity index (χ4n) is 2.32. The Bertz CT molecular complexity index is 1040. The third-order valence-corrected chi connectivity index (χ3v) is 6.52. The summed E-state index contributed by atoms with van der Waals surface area (Å²) in [5.74, 6) is -0.412. The molecule has 136 valence electrons. The minimum Gasteiger partial charge on any atom is -0.382 e. The summed E-state index contributed by atoms with van der Waals surface area (Å²) >= 11 is 7.02. The molecule has 2 N–H and O–H groups in total. The molecule has 1 atom stereocenters. The van der Waals surface area contributed by atoms with Crippen molar-refractivity contribution < 1.29 is 17.9 Å². The molecule has 0 spiro atoms. The van der Waals surface area contributed by atoms with Crippen molar-refractivity contribution >= 4 is 38.1 Å². The normalized spacial score (nSPS) is 12.8. The molecule has 0 bridgehead atoms. The number of benzene rings is 2. The Morgan fingerprint density at radius 1 is 1.23 bits per heavy atom. The molecule has 1 aromatic heterocycles. The van der Waals surface area contributed by atoms with Crippen LogP contribution in [0.25, 0.3) is 0 Å². The van der Waals surface area contributed by atoms with Crippen LogP contribution in [0.2, 0.25) is 5.02 Å². The van der Waals surface area contributed by atoms with Crippen LogP contribution >= 0.6 is 22.9 Å². The third-order valence-electron chi connectivity index (χ3n) is 3.72. The van der Waals surface area contributed by atoms with E-state index in [-0.39, 0.29) is 15.7 Å². The molecule has 3 aromatic rings. The summed E-state index contributed by atoms with van der Waals surface area (Å²) < 4.78 is 40.5. The van der Waals surface area contributed by atoms with Gasteiger partial charge in [-0.1, -0.05) is 29.8 Å². The fourth-order valence-corrected chi connectivity index (χ4v) is 4.80. The maximum atomic E-state index is 13.0. The molecule has 0 radical (unpaired) electrons. The molecule has 1 heterocycles. The number of hydrogen-bond donors (Lipinski definition) is 2. The van der Waals surface area contributed by atoms with Crippen LogP contribution in [0.3, 0.4) is 0 Å². The second-order valence-electron chi connectivity index (χ2n) is 5.50. The first-order valence-corrected chi connectivity index (χ1v) is 10.2. The standard InChI is InChI=1S/C17H14ClFN2O3S2/c1-10-13(18)3-2-4-15(10)26(23,24)21-17-20-14(9-25-17)16(22)11-5-7-12(19)8-6-11/h2-9,16,22H,1H3,(H,20,21). The molecule has 0 fully saturated rings. The van der Waals surface area contributed by atoms with E-state index in [0.717, 1.165) is 11.3 Å². The van der Waals surface area contributed by atoms with E-state index in [2.05, 4.69) is 9.71 Å². The average Bonchev–Trinajstić information content (AvgIpc) is 3.05. The van der Waals surface area contributed by atoms with Crippen molar-refractivity contribution in [1.29, 1.82) is 0 Å². The number of thiazole rings is 1. The van der Waals surface area contributed by atoms with Gasteiger partial charge in [0.15, 0.2) is 5.13 Å². The Morgan fingerprint density at radius 3 is 2.62 bits per heavy atom. The zero-order valence-electron chi connectivity index (χ0n) is 13.5. The topological polar surface area (TPSA) is 79.3 Å². The van der Waals surface area contributed by atoms with Crippen LogP contribution in [0.1, 0.15) is 22.9 Å².